The summed E-state index contributed by atoms with van der Waals surface area (Å²) in [4.78, 5) is 19.8. The fourth-order valence-electron chi connectivity index (χ4n) is 2.55. The number of urea groups is 1. The Labute approximate surface area is 133 Å². The summed E-state index contributed by atoms with van der Waals surface area (Å²) >= 11 is 5.96. The zero-order valence-corrected chi connectivity index (χ0v) is 13.3. The first-order valence-electron chi connectivity index (χ1n) is 7.27. The Balaban J connectivity index is 1.67. The Hall–Kier alpha value is -1.79. The number of H-pyrrole nitrogens is 1. The minimum atomic E-state index is -0.300. The molecule has 3 N–H and O–H groups in total. The number of ether oxygens (including phenoxy) is 1. The van der Waals surface area contributed by atoms with Crippen LogP contribution in [0.3, 0.4) is 0 Å². The number of fused-ring (bicyclic) bond motifs is 1. The summed E-state index contributed by atoms with van der Waals surface area (Å²) < 4.78 is 5.33. The van der Waals surface area contributed by atoms with Gasteiger partial charge in [-0.3, -0.25) is 0 Å². The van der Waals surface area contributed by atoms with E-state index in [4.69, 9.17) is 16.3 Å². The van der Waals surface area contributed by atoms with Crippen LogP contribution in [0.1, 0.15) is 32.1 Å². The number of hydrogen-bond donors (Lipinski definition) is 3. The fourth-order valence-corrected chi connectivity index (χ4v) is 2.72. The first kappa shape index (κ1) is 15.1. The van der Waals surface area contributed by atoms with Gasteiger partial charge in [-0.2, -0.15) is 0 Å². The van der Waals surface area contributed by atoms with Crippen LogP contribution in [-0.4, -0.2) is 34.8 Å². The molecular weight excluding hydrogens is 304 g/mol. The average molecular weight is 323 g/mol. The highest BCUT2D eigenvalue weighted by atomic mass is 35.5. The maximum Gasteiger partial charge on any atom is 0.315 e. The number of nitrogens with zero attached hydrogens (tertiary/aromatic N) is 1. The minimum Gasteiger partial charge on any atom is -0.379 e. The lowest BCUT2D eigenvalue weighted by Gasteiger charge is -2.24. The van der Waals surface area contributed by atoms with Crippen LogP contribution in [0.2, 0.25) is 5.02 Å². The maximum atomic E-state index is 12.1. The van der Waals surface area contributed by atoms with E-state index in [0.717, 1.165) is 17.5 Å². The maximum absolute atomic E-state index is 12.1. The summed E-state index contributed by atoms with van der Waals surface area (Å²) in [6, 6.07) is 5.00. The van der Waals surface area contributed by atoms with E-state index in [1.165, 1.54) is 0 Å². The highest BCUT2D eigenvalue weighted by Crippen LogP contribution is 2.20. The molecule has 2 aromatic rings. The van der Waals surface area contributed by atoms with E-state index in [1.54, 1.807) is 6.07 Å². The number of carbonyl (C=O) groups is 1. The van der Waals surface area contributed by atoms with Gasteiger partial charge in [-0.05, 0) is 38.5 Å². The van der Waals surface area contributed by atoms with Crippen molar-refractivity contribution in [2.75, 3.05) is 13.2 Å². The second-order valence-corrected chi connectivity index (χ2v) is 6.40. The van der Waals surface area contributed by atoms with Crippen LogP contribution in [0.15, 0.2) is 18.2 Å². The lowest BCUT2D eigenvalue weighted by atomic mass is 10.0. The molecule has 6 nitrogen and oxygen atoms in total. The predicted octanol–water partition coefficient (Wildman–Crippen LogP) is 2.76. The van der Waals surface area contributed by atoms with Gasteiger partial charge in [-0.15, -0.1) is 0 Å². The van der Waals surface area contributed by atoms with Crippen LogP contribution in [0, 0.1) is 0 Å². The molecule has 0 radical (unpaired) electrons. The van der Waals surface area contributed by atoms with Crippen LogP contribution in [0.5, 0.6) is 0 Å². The van der Waals surface area contributed by atoms with Crippen LogP contribution < -0.4 is 10.6 Å². The topological polar surface area (TPSA) is 79.0 Å². The number of aromatic nitrogens is 2. The Morgan fingerprint density at radius 3 is 3.09 bits per heavy atom. The van der Waals surface area contributed by atoms with Gasteiger partial charge in [0, 0.05) is 11.6 Å². The van der Waals surface area contributed by atoms with E-state index < -0.39 is 0 Å². The Kier molecular flexibility index (Phi) is 3.97. The largest absolute Gasteiger partial charge is 0.379 e. The van der Waals surface area contributed by atoms with Crippen molar-refractivity contribution in [3.8, 4) is 0 Å². The number of carbonyl (C=O) groups excluding carboxylic acids is 1. The van der Waals surface area contributed by atoms with Crippen LogP contribution in [0.25, 0.3) is 11.0 Å². The van der Waals surface area contributed by atoms with Gasteiger partial charge < -0.3 is 20.4 Å². The lowest BCUT2D eigenvalue weighted by molar-refractivity contribution is 0.170. The van der Waals surface area contributed by atoms with E-state index in [-0.39, 0.29) is 17.6 Å². The monoisotopic (exact) mass is 322 g/mol. The fraction of sp³-hybridized carbons (Fsp3) is 0.467. The van der Waals surface area contributed by atoms with Gasteiger partial charge in [0.2, 0.25) is 0 Å². The summed E-state index contributed by atoms with van der Waals surface area (Å²) in [6.45, 7) is 5.08. The first-order valence-corrected chi connectivity index (χ1v) is 7.65. The van der Waals surface area contributed by atoms with Gasteiger partial charge in [0.15, 0.2) is 0 Å². The van der Waals surface area contributed by atoms with Crippen LogP contribution in [-0.2, 0) is 4.74 Å². The molecule has 0 spiro atoms. The Morgan fingerprint density at radius 1 is 1.55 bits per heavy atom. The molecule has 1 aliphatic rings. The number of rotatable bonds is 3. The van der Waals surface area contributed by atoms with Gasteiger partial charge in [-0.25, -0.2) is 9.78 Å². The molecule has 1 aromatic carbocycles. The van der Waals surface area contributed by atoms with Crippen molar-refractivity contribution in [2.45, 2.75) is 31.8 Å². The molecule has 7 heteroatoms. The number of benzene rings is 1. The normalized spacial score (nSPS) is 22.7. The quantitative estimate of drug-likeness (QED) is 0.813. The van der Waals surface area contributed by atoms with E-state index in [2.05, 4.69) is 20.6 Å². The SMILES string of the molecule is C[C@@H](NC(=O)N[C@]1(C)CCOC1)c1nc2ccc(Cl)cc2[nH]1. The number of amides is 2. The molecule has 2 amide bonds. The van der Waals surface area contributed by atoms with Crippen molar-refractivity contribution in [3.63, 3.8) is 0 Å². The zero-order chi connectivity index (χ0) is 15.7. The first-order chi connectivity index (χ1) is 10.5. The highest BCUT2D eigenvalue weighted by molar-refractivity contribution is 6.31. The molecule has 0 unspecified atom stereocenters. The molecule has 0 aliphatic carbocycles. The third-order valence-corrected chi connectivity index (χ3v) is 4.09. The average Bonchev–Trinajstić information content (AvgIpc) is 3.04. The molecule has 3 rings (SSSR count). The number of hydrogen-bond acceptors (Lipinski definition) is 3. The molecule has 22 heavy (non-hydrogen) atoms. The summed E-state index contributed by atoms with van der Waals surface area (Å²) in [5, 5.41) is 6.50. The molecule has 1 aliphatic heterocycles. The third kappa shape index (κ3) is 3.18. The van der Waals surface area contributed by atoms with Gasteiger partial charge in [0.25, 0.3) is 0 Å². The zero-order valence-electron chi connectivity index (χ0n) is 12.6. The Morgan fingerprint density at radius 2 is 2.36 bits per heavy atom. The lowest BCUT2D eigenvalue weighted by Crippen LogP contribution is -2.51. The smallest absolute Gasteiger partial charge is 0.315 e. The van der Waals surface area contributed by atoms with Crippen molar-refractivity contribution >= 4 is 28.7 Å². The molecule has 2 heterocycles. The molecule has 0 saturated carbocycles. The molecule has 1 saturated heterocycles. The number of imidazole rings is 1. The van der Waals surface area contributed by atoms with Crippen molar-refractivity contribution in [3.05, 3.63) is 29.0 Å². The number of halogens is 1. The van der Waals surface area contributed by atoms with Gasteiger partial charge in [0.05, 0.1) is 29.2 Å². The predicted molar refractivity (Wildman–Crippen MR) is 85.0 cm³/mol. The van der Waals surface area contributed by atoms with Gasteiger partial charge in [0.1, 0.15) is 5.82 Å². The third-order valence-electron chi connectivity index (χ3n) is 3.85. The number of aromatic amines is 1. The van der Waals surface area contributed by atoms with Crippen LogP contribution in [0.4, 0.5) is 4.79 Å². The molecular formula is C15H19ClN4O2. The molecule has 0 bridgehead atoms. The highest BCUT2D eigenvalue weighted by Gasteiger charge is 2.31. The van der Waals surface area contributed by atoms with E-state index in [0.29, 0.717) is 24.1 Å². The molecule has 2 atom stereocenters. The minimum absolute atomic E-state index is 0.223. The van der Waals surface area contributed by atoms with Crippen LogP contribution >= 0.6 is 11.6 Å². The van der Waals surface area contributed by atoms with Crippen molar-refractivity contribution in [1.29, 1.82) is 0 Å². The van der Waals surface area contributed by atoms with Gasteiger partial charge in [-0.1, -0.05) is 11.6 Å². The second kappa shape index (κ2) is 5.78. The molecule has 1 fully saturated rings. The number of nitrogens with one attached hydrogen (secondary N) is 3. The van der Waals surface area contributed by atoms with Crippen molar-refractivity contribution in [2.24, 2.45) is 0 Å². The molecule has 118 valence electrons. The Bertz CT molecular complexity index is 694. The summed E-state index contributed by atoms with van der Waals surface area (Å²) in [7, 11) is 0. The van der Waals surface area contributed by atoms with Crippen molar-refractivity contribution in [1.82, 2.24) is 20.6 Å². The van der Waals surface area contributed by atoms with Crippen molar-refractivity contribution < 1.29 is 9.53 Å². The molecule has 1 aromatic heterocycles. The standard InChI is InChI=1S/C15H19ClN4O2/c1-9(17-14(21)20-15(2)5-6-22-8-15)13-18-11-4-3-10(16)7-12(11)19-13/h3-4,7,9H,5-6,8H2,1-2H3,(H,18,19)(H2,17,20,21)/t9-,15-/m1/s1. The van der Waals surface area contributed by atoms with E-state index in [1.807, 2.05) is 26.0 Å². The van der Waals surface area contributed by atoms with E-state index in [9.17, 15) is 4.79 Å². The van der Waals surface area contributed by atoms with E-state index >= 15 is 0 Å². The second-order valence-electron chi connectivity index (χ2n) is 5.97. The summed E-state index contributed by atoms with van der Waals surface area (Å²) in [5.74, 6) is 0.695. The summed E-state index contributed by atoms with van der Waals surface area (Å²) in [5.41, 5.74) is 1.38. The van der Waals surface area contributed by atoms with Gasteiger partial charge >= 0.3 is 6.03 Å². The summed E-state index contributed by atoms with van der Waals surface area (Å²) in [6.07, 6.45) is 0.817.